The van der Waals surface area contributed by atoms with Crippen molar-refractivity contribution in [3.63, 3.8) is 0 Å². The largest absolute Gasteiger partial charge is 0.386 e. The number of hydrogen-bond acceptors (Lipinski definition) is 1. The molecule has 40 heavy (non-hydrogen) atoms. The standard InChI is InChI=1S/C35H48F4O/c1-3-5-6-8-26-9-15-28(16-10-26)29-17-11-27(12-18-29)23-24-40-35(38,39)32-22-21-31(33(36)34(32)37)30-19-13-25(7-4-2)14-20-30/h11-12,17-18,21-22,25-26,28,30H,3-10,13-16,19-20,23-24H2,1-2H3. The number of unbranched alkanes of at least 4 members (excludes halogenated alkanes) is 2. The second kappa shape index (κ2) is 14.8. The molecular formula is C35H48F4O. The summed E-state index contributed by atoms with van der Waals surface area (Å²) in [7, 11) is 0. The first-order valence-electron chi connectivity index (χ1n) is 15.9. The summed E-state index contributed by atoms with van der Waals surface area (Å²) < 4.78 is 64.3. The van der Waals surface area contributed by atoms with Gasteiger partial charge in [0.1, 0.15) is 0 Å². The van der Waals surface area contributed by atoms with E-state index in [2.05, 4.69) is 26.0 Å². The second-order valence-corrected chi connectivity index (χ2v) is 12.4. The second-order valence-electron chi connectivity index (χ2n) is 12.4. The minimum Gasteiger partial charge on any atom is -0.316 e. The summed E-state index contributed by atoms with van der Waals surface area (Å²) in [6.45, 7) is 4.12. The minimum absolute atomic E-state index is 0.116. The average molecular weight is 561 g/mol. The van der Waals surface area contributed by atoms with Gasteiger partial charge in [0.2, 0.25) is 0 Å². The van der Waals surface area contributed by atoms with E-state index < -0.39 is 23.3 Å². The zero-order chi connectivity index (χ0) is 28.5. The van der Waals surface area contributed by atoms with Crippen molar-refractivity contribution in [1.29, 1.82) is 0 Å². The topological polar surface area (TPSA) is 9.23 Å². The van der Waals surface area contributed by atoms with Gasteiger partial charge in [-0.1, -0.05) is 82.7 Å². The fraction of sp³-hybridized carbons (Fsp3) is 0.657. The lowest BCUT2D eigenvalue weighted by molar-refractivity contribution is -0.249. The highest BCUT2D eigenvalue weighted by Gasteiger charge is 2.38. The fourth-order valence-electron chi connectivity index (χ4n) is 7.07. The normalized spacial score (nSPS) is 23.9. The lowest BCUT2D eigenvalue weighted by Crippen LogP contribution is -2.23. The number of ether oxygens (including phenoxy) is 1. The molecule has 0 unspecified atom stereocenters. The molecule has 0 heterocycles. The maximum Gasteiger partial charge on any atom is 0.386 e. The van der Waals surface area contributed by atoms with E-state index in [0.29, 0.717) is 11.8 Å². The number of rotatable bonds is 13. The molecule has 2 fully saturated rings. The lowest BCUT2D eigenvalue weighted by Gasteiger charge is -2.29. The van der Waals surface area contributed by atoms with Crippen molar-refractivity contribution in [3.05, 3.63) is 70.3 Å². The highest BCUT2D eigenvalue weighted by Crippen LogP contribution is 2.41. The third-order valence-corrected chi connectivity index (χ3v) is 9.60. The molecule has 2 aromatic rings. The third-order valence-electron chi connectivity index (χ3n) is 9.60. The molecule has 2 saturated carbocycles. The van der Waals surface area contributed by atoms with Gasteiger partial charge in [0.25, 0.3) is 0 Å². The molecule has 5 heteroatoms. The van der Waals surface area contributed by atoms with Gasteiger partial charge in [-0.05, 0) is 104 Å². The first-order chi connectivity index (χ1) is 19.3. The highest BCUT2D eigenvalue weighted by atomic mass is 19.3. The van der Waals surface area contributed by atoms with Crippen LogP contribution in [-0.4, -0.2) is 6.61 Å². The molecule has 0 amide bonds. The van der Waals surface area contributed by atoms with Crippen molar-refractivity contribution in [2.24, 2.45) is 11.8 Å². The quantitative estimate of drug-likeness (QED) is 0.175. The summed E-state index contributed by atoms with van der Waals surface area (Å²) >= 11 is 0. The van der Waals surface area contributed by atoms with E-state index in [-0.39, 0.29) is 24.5 Å². The molecule has 0 bridgehead atoms. The van der Waals surface area contributed by atoms with Crippen molar-refractivity contribution < 1.29 is 22.3 Å². The van der Waals surface area contributed by atoms with Crippen molar-refractivity contribution in [1.82, 2.24) is 0 Å². The Morgan fingerprint density at radius 1 is 0.700 bits per heavy atom. The van der Waals surface area contributed by atoms with Gasteiger partial charge in [-0.2, -0.15) is 8.78 Å². The van der Waals surface area contributed by atoms with Crippen molar-refractivity contribution >= 4 is 0 Å². The minimum atomic E-state index is -3.89. The Kier molecular flexibility index (Phi) is 11.5. The van der Waals surface area contributed by atoms with Crippen molar-refractivity contribution in [2.75, 3.05) is 6.61 Å². The zero-order valence-electron chi connectivity index (χ0n) is 24.5. The van der Waals surface area contributed by atoms with Gasteiger partial charge in [-0.3, -0.25) is 0 Å². The van der Waals surface area contributed by atoms with Gasteiger partial charge in [-0.25, -0.2) is 8.78 Å². The van der Waals surface area contributed by atoms with Crippen LogP contribution in [0.3, 0.4) is 0 Å². The van der Waals surface area contributed by atoms with Gasteiger partial charge in [0, 0.05) is 0 Å². The van der Waals surface area contributed by atoms with Crippen LogP contribution in [0.4, 0.5) is 17.6 Å². The summed E-state index contributed by atoms with van der Waals surface area (Å²) in [6.07, 6.45) is 12.4. The predicted octanol–water partition coefficient (Wildman–Crippen LogP) is 11.2. The van der Waals surface area contributed by atoms with Crippen LogP contribution in [0.15, 0.2) is 36.4 Å². The van der Waals surface area contributed by atoms with Crippen LogP contribution < -0.4 is 0 Å². The van der Waals surface area contributed by atoms with E-state index in [4.69, 9.17) is 4.74 Å². The Labute approximate surface area is 239 Å². The van der Waals surface area contributed by atoms with Crippen molar-refractivity contribution in [2.45, 2.75) is 128 Å². The molecule has 4 rings (SSSR count). The van der Waals surface area contributed by atoms with E-state index >= 15 is 0 Å². The summed E-state index contributed by atoms with van der Waals surface area (Å²) in [5.74, 6) is -0.685. The van der Waals surface area contributed by atoms with Crippen LogP contribution in [0.25, 0.3) is 0 Å². The first-order valence-corrected chi connectivity index (χ1v) is 15.9. The SMILES string of the molecule is CCCCCC1CCC(c2ccc(CCOC(F)(F)c3ccc(C4CCC(CCC)CC4)c(F)c3F)cc2)CC1. The molecule has 1 nitrogen and oxygen atoms in total. The summed E-state index contributed by atoms with van der Waals surface area (Å²) in [5.41, 5.74) is 1.41. The molecule has 222 valence electrons. The van der Waals surface area contributed by atoms with Crippen LogP contribution >= 0.6 is 0 Å². The maximum atomic E-state index is 14.9. The van der Waals surface area contributed by atoms with E-state index in [1.165, 1.54) is 63.0 Å². The molecular weight excluding hydrogens is 512 g/mol. The predicted molar refractivity (Wildman–Crippen MR) is 155 cm³/mol. The Balaban J connectivity index is 1.26. The van der Waals surface area contributed by atoms with Crippen molar-refractivity contribution in [3.8, 4) is 0 Å². The van der Waals surface area contributed by atoms with E-state index in [1.54, 1.807) is 0 Å². The Bertz CT molecular complexity index is 1030. The summed E-state index contributed by atoms with van der Waals surface area (Å²) in [5, 5.41) is 0. The summed E-state index contributed by atoms with van der Waals surface area (Å²) in [6, 6.07) is 10.5. The first kappa shape index (κ1) is 31.1. The molecule has 2 aromatic carbocycles. The lowest BCUT2D eigenvalue weighted by atomic mass is 9.77. The van der Waals surface area contributed by atoms with Gasteiger partial charge in [0.15, 0.2) is 11.6 Å². The molecule has 0 N–H and O–H groups in total. The zero-order valence-corrected chi connectivity index (χ0v) is 24.5. The molecule has 2 aliphatic carbocycles. The van der Waals surface area contributed by atoms with Crippen LogP contribution in [0, 0.1) is 23.5 Å². The van der Waals surface area contributed by atoms with Gasteiger partial charge >= 0.3 is 6.11 Å². The highest BCUT2D eigenvalue weighted by molar-refractivity contribution is 5.31. The maximum absolute atomic E-state index is 14.9. The van der Waals surface area contributed by atoms with Gasteiger partial charge in [0.05, 0.1) is 12.2 Å². The Hall–Kier alpha value is -1.88. The molecule has 0 aromatic heterocycles. The Morgan fingerprint density at radius 2 is 1.32 bits per heavy atom. The molecule has 0 aliphatic heterocycles. The smallest absolute Gasteiger partial charge is 0.316 e. The van der Waals surface area contributed by atoms with Gasteiger partial charge < -0.3 is 4.74 Å². The molecule has 0 saturated heterocycles. The van der Waals surface area contributed by atoms with E-state index in [0.717, 1.165) is 56.1 Å². The Morgan fingerprint density at radius 3 is 1.95 bits per heavy atom. The fourth-order valence-corrected chi connectivity index (χ4v) is 7.07. The molecule has 2 aliphatic rings. The number of hydrogen-bond donors (Lipinski definition) is 0. The average Bonchev–Trinajstić information content (AvgIpc) is 2.96. The van der Waals surface area contributed by atoms with Crippen LogP contribution in [-0.2, 0) is 17.3 Å². The molecule has 0 spiro atoms. The molecule has 0 atom stereocenters. The van der Waals surface area contributed by atoms with Crippen LogP contribution in [0.2, 0.25) is 0 Å². The molecule has 0 radical (unpaired) electrons. The van der Waals surface area contributed by atoms with Gasteiger partial charge in [-0.15, -0.1) is 0 Å². The monoisotopic (exact) mass is 560 g/mol. The van der Waals surface area contributed by atoms with E-state index in [1.807, 2.05) is 12.1 Å². The van der Waals surface area contributed by atoms with Crippen LogP contribution in [0.1, 0.15) is 138 Å². The number of benzene rings is 2. The van der Waals surface area contributed by atoms with Crippen LogP contribution in [0.5, 0.6) is 0 Å². The van der Waals surface area contributed by atoms with E-state index in [9.17, 15) is 17.6 Å². The number of halogens is 4. The summed E-state index contributed by atoms with van der Waals surface area (Å²) in [4.78, 5) is 0. The number of alkyl halides is 2. The third kappa shape index (κ3) is 8.11.